The van der Waals surface area contributed by atoms with Crippen molar-refractivity contribution in [2.24, 2.45) is 0 Å². The third-order valence-corrected chi connectivity index (χ3v) is 7.18. The molecule has 2 aliphatic rings. The topological polar surface area (TPSA) is 93.7 Å². The molecule has 160 valence electrons. The van der Waals surface area contributed by atoms with E-state index in [0.717, 1.165) is 24.2 Å². The standard InChI is InChI=1S/C21H23ClN2O5S/c22-17-8-7-14(12-20(17)30(26,27)23-13-15-4-3-10-28-15)21(25)24-18-9-11-29-19-6-2-1-5-16(18)19/h1-2,5-8,12,15,18,23H,3-4,9-11,13H2,(H,24,25)/t15-,18+/m1/s1. The van der Waals surface area contributed by atoms with Crippen molar-refractivity contribution in [1.29, 1.82) is 0 Å². The first-order valence-electron chi connectivity index (χ1n) is 9.87. The Bertz CT molecular complexity index is 1040. The number of nitrogens with one attached hydrogen (secondary N) is 2. The summed E-state index contributed by atoms with van der Waals surface area (Å²) in [5, 5.41) is 3.03. The molecule has 0 bridgehead atoms. The Hall–Kier alpha value is -2.13. The molecule has 9 heteroatoms. The Morgan fingerprint density at radius 3 is 2.77 bits per heavy atom. The maximum Gasteiger partial charge on any atom is 0.251 e. The zero-order valence-corrected chi connectivity index (χ0v) is 17.8. The van der Waals surface area contributed by atoms with Gasteiger partial charge in [0.25, 0.3) is 5.91 Å². The van der Waals surface area contributed by atoms with Crippen molar-refractivity contribution in [1.82, 2.24) is 10.0 Å². The average molecular weight is 451 g/mol. The molecular formula is C21H23ClN2O5S. The highest BCUT2D eigenvalue weighted by Crippen LogP contribution is 2.32. The van der Waals surface area contributed by atoms with Crippen molar-refractivity contribution in [2.75, 3.05) is 19.8 Å². The second kappa shape index (κ2) is 8.93. The second-order valence-electron chi connectivity index (χ2n) is 7.33. The Balaban J connectivity index is 1.50. The second-order valence-corrected chi connectivity index (χ2v) is 9.48. The first-order chi connectivity index (χ1) is 14.4. The summed E-state index contributed by atoms with van der Waals surface area (Å²) in [6.45, 7) is 1.31. The van der Waals surface area contributed by atoms with Gasteiger partial charge in [0.15, 0.2) is 0 Å². The number of sulfonamides is 1. The molecule has 2 aliphatic heterocycles. The van der Waals surface area contributed by atoms with Crippen LogP contribution in [0.3, 0.4) is 0 Å². The molecular weight excluding hydrogens is 428 g/mol. The molecule has 0 saturated carbocycles. The van der Waals surface area contributed by atoms with E-state index in [4.69, 9.17) is 21.1 Å². The van der Waals surface area contributed by atoms with E-state index in [0.29, 0.717) is 19.6 Å². The Kier molecular flexibility index (Phi) is 6.29. The molecule has 1 amide bonds. The third-order valence-electron chi connectivity index (χ3n) is 5.27. The summed E-state index contributed by atoms with van der Waals surface area (Å²) in [7, 11) is -3.88. The van der Waals surface area contributed by atoms with Crippen molar-refractivity contribution in [3.05, 3.63) is 58.6 Å². The lowest BCUT2D eigenvalue weighted by Crippen LogP contribution is -2.33. The van der Waals surface area contributed by atoms with Crippen LogP contribution in [0.25, 0.3) is 0 Å². The number of para-hydroxylation sites is 1. The monoisotopic (exact) mass is 450 g/mol. The van der Waals surface area contributed by atoms with E-state index in [2.05, 4.69) is 10.0 Å². The molecule has 2 atom stereocenters. The van der Waals surface area contributed by atoms with Crippen LogP contribution in [0.5, 0.6) is 5.75 Å². The van der Waals surface area contributed by atoms with Gasteiger partial charge in [0, 0.05) is 30.7 Å². The molecule has 1 fully saturated rings. The number of ether oxygens (including phenoxy) is 2. The van der Waals surface area contributed by atoms with Crippen LogP contribution in [0.4, 0.5) is 0 Å². The lowest BCUT2D eigenvalue weighted by Gasteiger charge is -2.26. The minimum absolute atomic E-state index is 0.0582. The molecule has 2 aromatic rings. The van der Waals surface area contributed by atoms with E-state index in [-0.39, 0.29) is 40.1 Å². The fourth-order valence-corrected chi connectivity index (χ4v) is 5.26. The van der Waals surface area contributed by atoms with E-state index in [1.54, 1.807) is 0 Å². The predicted molar refractivity (Wildman–Crippen MR) is 112 cm³/mol. The van der Waals surface area contributed by atoms with Crippen molar-refractivity contribution in [3.63, 3.8) is 0 Å². The molecule has 7 nitrogen and oxygen atoms in total. The van der Waals surface area contributed by atoms with Crippen LogP contribution in [0.2, 0.25) is 5.02 Å². The van der Waals surface area contributed by atoms with Crippen LogP contribution >= 0.6 is 11.6 Å². The molecule has 30 heavy (non-hydrogen) atoms. The Labute approximate surface area is 180 Å². The first kappa shape index (κ1) is 21.1. The van der Waals surface area contributed by atoms with Gasteiger partial charge in [0.2, 0.25) is 10.0 Å². The molecule has 1 saturated heterocycles. The molecule has 0 aromatic heterocycles. The number of fused-ring (bicyclic) bond motifs is 1. The SMILES string of the molecule is O=C(N[C@H]1CCOc2ccccc21)c1ccc(Cl)c(S(=O)(=O)NC[C@H]2CCCO2)c1. The van der Waals surface area contributed by atoms with Crippen LogP contribution in [-0.2, 0) is 14.8 Å². The van der Waals surface area contributed by atoms with E-state index >= 15 is 0 Å². The predicted octanol–water partition coefficient (Wildman–Crippen LogP) is 3.05. The number of amides is 1. The molecule has 0 radical (unpaired) electrons. The summed E-state index contributed by atoms with van der Waals surface area (Å²) in [6, 6.07) is 11.6. The maximum absolute atomic E-state index is 12.8. The van der Waals surface area contributed by atoms with Gasteiger partial charge in [-0.05, 0) is 37.1 Å². The lowest BCUT2D eigenvalue weighted by molar-refractivity contribution is 0.0924. The van der Waals surface area contributed by atoms with Crippen molar-refractivity contribution in [2.45, 2.75) is 36.3 Å². The van der Waals surface area contributed by atoms with Crippen LogP contribution in [0, 0.1) is 0 Å². The number of hydrogen-bond acceptors (Lipinski definition) is 5. The molecule has 2 heterocycles. The van der Waals surface area contributed by atoms with Gasteiger partial charge in [-0.25, -0.2) is 13.1 Å². The number of carbonyl (C=O) groups excluding carboxylic acids is 1. The minimum Gasteiger partial charge on any atom is -0.493 e. The zero-order valence-electron chi connectivity index (χ0n) is 16.3. The van der Waals surface area contributed by atoms with Gasteiger partial charge in [-0.1, -0.05) is 29.8 Å². The summed E-state index contributed by atoms with van der Waals surface area (Å²) in [5.74, 6) is 0.371. The smallest absolute Gasteiger partial charge is 0.251 e. The van der Waals surface area contributed by atoms with Gasteiger partial charge in [0.05, 0.1) is 23.8 Å². The van der Waals surface area contributed by atoms with Crippen LogP contribution in [0.15, 0.2) is 47.4 Å². The van der Waals surface area contributed by atoms with Crippen molar-refractivity contribution in [3.8, 4) is 5.75 Å². The number of rotatable bonds is 6. The Morgan fingerprint density at radius 2 is 1.97 bits per heavy atom. The number of hydrogen-bond donors (Lipinski definition) is 2. The van der Waals surface area contributed by atoms with Crippen LogP contribution < -0.4 is 14.8 Å². The molecule has 0 unspecified atom stereocenters. The molecule has 4 rings (SSSR count). The van der Waals surface area contributed by atoms with Crippen LogP contribution in [0.1, 0.15) is 41.2 Å². The van der Waals surface area contributed by atoms with E-state index < -0.39 is 10.0 Å². The number of benzene rings is 2. The van der Waals surface area contributed by atoms with Gasteiger partial charge < -0.3 is 14.8 Å². The molecule has 0 spiro atoms. The largest absolute Gasteiger partial charge is 0.493 e. The van der Waals surface area contributed by atoms with Gasteiger partial charge >= 0.3 is 0 Å². The van der Waals surface area contributed by atoms with Crippen molar-refractivity contribution >= 4 is 27.5 Å². The first-order valence-corrected chi connectivity index (χ1v) is 11.7. The molecule has 2 aromatic carbocycles. The summed E-state index contributed by atoms with van der Waals surface area (Å²) in [6.07, 6.45) is 2.21. The van der Waals surface area contributed by atoms with Gasteiger partial charge in [-0.15, -0.1) is 0 Å². The van der Waals surface area contributed by atoms with Gasteiger partial charge in [0.1, 0.15) is 10.6 Å². The van der Waals surface area contributed by atoms with Crippen LogP contribution in [-0.4, -0.2) is 40.2 Å². The van der Waals surface area contributed by atoms with E-state index in [1.807, 2.05) is 24.3 Å². The van der Waals surface area contributed by atoms with Crippen molar-refractivity contribution < 1.29 is 22.7 Å². The quantitative estimate of drug-likeness (QED) is 0.705. The molecule has 0 aliphatic carbocycles. The lowest BCUT2D eigenvalue weighted by atomic mass is 10.00. The highest BCUT2D eigenvalue weighted by atomic mass is 35.5. The highest BCUT2D eigenvalue weighted by Gasteiger charge is 2.26. The summed E-state index contributed by atoms with van der Waals surface area (Å²) in [4.78, 5) is 12.7. The fourth-order valence-electron chi connectivity index (χ4n) is 3.67. The highest BCUT2D eigenvalue weighted by molar-refractivity contribution is 7.89. The Morgan fingerprint density at radius 1 is 1.13 bits per heavy atom. The average Bonchev–Trinajstić information content (AvgIpc) is 3.26. The third kappa shape index (κ3) is 4.62. The van der Waals surface area contributed by atoms with Gasteiger partial charge in [-0.2, -0.15) is 0 Å². The van der Waals surface area contributed by atoms with E-state index in [1.165, 1.54) is 18.2 Å². The number of halogens is 1. The minimum atomic E-state index is -3.88. The fraction of sp³-hybridized carbons (Fsp3) is 0.381. The summed E-state index contributed by atoms with van der Waals surface area (Å²) in [5.41, 5.74) is 1.12. The maximum atomic E-state index is 12.8. The summed E-state index contributed by atoms with van der Waals surface area (Å²) >= 11 is 6.14. The normalized spacial score (nSPS) is 21.0. The van der Waals surface area contributed by atoms with E-state index in [9.17, 15) is 13.2 Å². The zero-order chi connectivity index (χ0) is 21.1. The number of carbonyl (C=O) groups is 1. The molecule has 2 N–H and O–H groups in total. The van der Waals surface area contributed by atoms with Gasteiger partial charge in [-0.3, -0.25) is 4.79 Å². The summed E-state index contributed by atoms with van der Waals surface area (Å²) < 4.78 is 39.1.